The van der Waals surface area contributed by atoms with Crippen molar-refractivity contribution >= 4 is 18.5 Å². The van der Waals surface area contributed by atoms with Crippen LogP contribution in [0.2, 0.25) is 0 Å². The molecule has 0 aromatic carbocycles. The van der Waals surface area contributed by atoms with Crippen LogP contribution in [0.25, 0.3) is 0 Å². The molecule has 8 heteroatoms. The number of hydrogen-bond donors (Lipinski definition) is 3. The Morgan fingerprint density at radius 2 is 1.37 bits per heavy atom. The summed E-state index contributed by atoms with van der Waals surface area (Å²) < 4.78 is 10.00. The molecule has 0 aromatic rings. The summed E-state index contributed by atoms with van der Waals surface area (Å²) >= 11 is 0. The Labute approximate surface area is 162 Å². The molecule has 0 saturated heterocycles. The molecule has 1 unspecified atom stereocenters. The van der Waals surface area contributed by atoms with Gasteiger partial charge in [0.15, 0.2) is 0 Å². The van der Waals surface area contributed by atoms with Crippen LogP contribution in [0.4, 0.5) is 9.59 Å². The number of amides is 2. The molecule has 3 atom stereocenters. The largest absolute Gasteiger partial charge is 0.444 e. The Hall–Kier alpha value is -1.83. The van der Waals surface area contributed by atoms with Crippen molar-refractivity contribution in [1.82, 2.24) is 10.6 Å². The van der Waals surface area contributed by atoms with Crippen molar-refractivity contribution in [2.45, 2.75) is 97.6 Å². The molecule has 0 aliphatic heterocycles. The lowest BCUT2D eigenvalue weighted by Crippen LogP contribution is -2.44. The summed E-state index contributed by atoms with van der Waals surface area (Å²) in [6.45, 7) is 14.1. The second-order valence-electron chi connectivity index (χ2n) is 8.83. The van der Waals surface area contributed by atoms with Crippen molar-refractivity contribution in [1.29, 1.82) is 0 Å². The number of rotatable bonds is 5. The third-order valence-electron chi connectivity index (χ3n) is 3.31. The van der Waals surface area contributed by atoms with Gasteiger partial charge in [0.05, 0.1) is 18.2 Å². The van der Waals surface area contributed by atoms with Crippen LogP contribution in [0.5, 0.6) is 0 Å². The van der Waals surface area contributed by atoms with Gasteiger partial charge < -0.3 is 30.0 Å². The van der Waals surface area contributed by atoms with Crippen molar-refractivity contribution in [3.63, 3.8) is 0 Å². The van der Waals surface area contributed by atoms with Gasteiger partial charge in [0.1, 0.15) is 17.5 Å². The predicted octanol–water partition coefficient (Wildman–Crippen LogP) is 2.77. The minimum absolute atomic E-state index is 0.243. The number of hydrogen-bond acceptors (Lipinski definition) is 6. The number of carbonyl (C=O) groups is 3. The van der Waals surface area contributed by atoms with Crippen LogP contribution in [0.3, 0.4) is 0 Å². The van der Waals surface area contributed by atoms with E-state index in [2.05, 4.69) is 10.6 Å². The summed E-state index contributed by atoms with van der Waals surface area (Å²) in [4.78, 5) is 32.4. The Morgan fingerprint density at radius 3 is 1.70 bits per heavy atom. The first-order chi connectivity index (χ1) is 12.1. The van der Waals surface area contributed by atoms with E-state index >= 15 is 0 Å². The van der Waals surface area contributed by atoms with E-state index in [0.717, 1.165) is 12.8 Å². The highest BCUT2D eigenvalue weighted by atomic mass is 16.6. The number of aliphatic hydroxyl groups excluding tert-OH is 1. The SMILES string of the molecule is C[C@@H](NC(=O)OC(C)(C)C)C(O)C1CC1.C[C@H](C=O)NC(=O)OC(C)(C)C. The minimum atomic E-state index is -0.568. The first kappa shape index (κ1) is 25.2. The number of ether oxygens (including phenoxy) is 2. The molecule has 1 saturated carbocycles. The third kappa shape index (κ3) is 14.0. The molecule has 1 rings (SSSR count). The molecule has 0 aromatic heterocycles. The first-order valence-corrected chi connectivity index (χ1v) is 9.27. The van der Waals surface area contributed by atoms with E-state index in [0.29, 0.717) is 12.2 Å². The van der Waals surface area contributed by atoms with Gasteiger partial charge in [-0.05, 0) is 74.1 Å². The molecule has 0 radical (unpaired) electrons. The van der Waals surface area contributed by atoms with Crippen LogP contribution in [-0.4, -0.2) is 53.0 Å². The summed E-state index contributed by atoms with van der Waals surface area (Å²) in [6, 6.07) is -0.743. The Bertz CT molecular complexity index is 491. The fourth-order valence-corrected chi connectivity index (χ4v) is 1.95. The lowest BCUT2D eigenvalue weighted by molar-refractivity contribution is -0.109. The molecule has 0 bridgehead atoms. The van der Waals surface area contributed by atoms with E-state index in [4.69, 9.17) is 9.47 Å². The molecule has 0 heterocycles. The van der Waals surface area contributed by atoms with Crippen LogP contribution in [0.15, 0.2) is 0 Å². The molecule has 0 spiro atoms. The van der Waals surface area contributed by atoms with Gasteiger partial charge in [-0.2, -0.15) is 0 Å². The zero-order valence-corrected chi connectivity index (χ0v) is 17.8. The summed E-state index contributed by atoms with van der Waals surface area (Å²) in [5, 5.41) is 14.7. The van der Waals surface area contributed by atoms with E-state index in [-0.39, 0.29) is 6.04 Å². The van der Waals surface area contributed by atoms with Gasteiger partial charge in [-0.15, -0.1) is 0 Å². The summed E-state index contributed by atoms with van der Waals surface area (Å²) in [5.41, 5.74) is -1.01. The fraction of sp³-hybridized carbons (Fsp3) is 0.842. The van der Waals surface area contributed by atoms with Crippen LogP contribution in [0.1, 0.15) is 68.2 Å². The number of aliphatic hydroxyl groups is 1. The van der Waals surface area contributed by atoms with Gasteiger partial charge in [0.2, 0.25) is 0 Å². The lowest BCUT2D eigenvalue weighted by Gasteiger charge is -2.24. The van der Waals surface area contributed by atoms with E-state index in [1.807, 2.05) is 20.8 Å². The van der Waals surface area contributed by atoms with Gasteiger partial charge in [0, 0.05) is 0 Å². The van der Waals surface area contributed by atoms with Gasteiger partial charge >= 0.3 is 12.2 Å². The molecule has 8 nitrogen and oxygen atoms in total. The predicted molar refractivity (Wildman–Crippen MR) is 102 cm³/mol. The van der Waals surface area contributed by atoms with Crippen molar-refractivity contribution in [3.05, 3.63) is 0 Å². The minimum Gasteiger partial charge on any atom is -0.444 e. The van der Waals surface area contributed by atoms with Crippen molar-refractivity contribution in [2.24, 2.45) is 5.92 Å². The quantitative estimate of drug-likeness (QED) is 0.624. The first-order valence-electron chi connectivity index (χ1n) is 9.27. The van der Waals surface area contributed by atoms with Crippen LogP contribution >= 0.6 is 0 Å². The highest BCUT2D eigenvalue weighted by Crippen LogP contribution is 2.33. The number of carbonyl (C=O) groups excluding carboxylic acids is 3. The van der Waals surface area contributed by atoms with Crippen LogP contribution < -0.4 is 10.6 Å². The Balaban J connectivity index is 0.000000516. The maximum atomic E-state index is 11.4. The maximum absolute atomic E-state index is 11.4. The van der Waals surface area contributed by atoms with Gasteiger partial charge in [-0.1, -0.05) is 0 Å². The normalized spacial score (nSPS) is 17.4. The number of alkyl carbamates (subject to hydrolysis) is 2. The standard InChI is InChI=1S/C11H21NO3.C8H15NO3/c1-7(9(13)8-5-6-8)12-10(14)15-11(2,3)4;1-6(5-10)9-7(11)12-8(2,3)4/h7-9,13H,5-6H2,1-4H3,(H,12,14);5-6H,1-4H3,(H,9,11)/t7-,9?;6-/m11/s1. The van der Waals surface area contributed by atoms with Crippen molar-refractivity contribution in [3.8, 4) is 0 Å². The summed E-state index contributed by atoms with van der Waals surface area (Å²) in [7, 11) is 0. The van der Waals surface area contributed by atoms with E-state index in [1.165, 1.54) is 0 Å². The van der Waals surface area contributed by atoms with Gasteiger partial charge in [-0.3, -0.25) is 0 Å². The molecule has 3 N–H and O–H groups in total. The molecule has 1 aliphatic rings. The number of nitrogens with one attached hydrogen (secondary N) is 2. The van der Waals surface area contributed by atoms with Crippen LogP contribution in [0, 0.1) is 5.92 Å². The number of aldehydes is 1. The maximum Gasteiger partial charge on any atom is 0.408 e. The molecule has 1 fully saturated rings. The molecular formula is C19H36N2O6. The Kier molecular flexibility index (Phi) is 9.78. The van der Waals surface area contributed by atoms with Crippen LogP contribution in [-0.2, 0) is 14.3 Å². The molecule has 158 valence electrons. The fourth-order valence-electron chi connectivity index (χ4n) is 1.95. The van der Waals surface area contributed by atoms with Crippen molar-refractivity contribution in [2.75, 3.05) is 0 Å². The van der Waals surface area contributed by atoms with Gasteiger partial charge in [0.25, 0.3) is 0 Å². The van der Waals surface area contributed by atoms with Gasteiger partial charge in [-0.25, -0.2) is 9.59 Å². The monoisotopic (exact) mass is 388 g/mol. The third-order valence-corrected chi connectivity index (χ3v) is 3.31. The second kappa shape index (κ2) is 10.5. The average Bonchev–Trinajstić information content (AvgIpc) is 3.27. The lowest BCUT2D eigenvalue weighted by atomic mass is 10.1. The Morgan fingerprint density at radius 1 is 0.963 bits per heavy atom. The van der Waals surface area contributed by atoms with E-state index in [9.17, 15) is 19.5 Å². The highest BCUT2D eigenvalue weighted by Gasteiger charge is 2.34. The zero-order chi connectivity index (χ0) is 21.4. The van der Waals surface area contributed by atoms with E-state index in [1.54, 1.807) is 34.6 Å². The molecule has 27 heavy (non-hydrogen) atoms. The zero-order valence-electron chi connectivity index (χ0n) is 17.8. The summed E-state index contributed by atoms with van der Waals surface area (Å²) in [5.74, 6) is 0.356. The average molecular weight is 389 g/mol. The molecule has 2 amide bonds. The second-order valence-corrected chi connectivity index (χ2v) is 8.83. The smallest absolute Gasteiger partial charge is 0.408 e. The van der Waals surface area contributed by atoms with Crippen molar-refractivity contribution < 1.29 is 29.0 Å². The molecular weight excluding hydrogens is 352 g/mol. The summed E-state index contributed by atoms with van der Waals surface area (Å²) in [6.07, 6.45) is 1.28. The highest BCUT2D eigenvalue weighted by molar-refractivity contribution is 5.73. The molecule has 1 aliphatic carbocycles. The topological polar surface area (TPSA) is 114 Å². The van der Waals surface area contributed by atoms with E-state index < -0.39 is 35.5 Å².